The van der Waals surface area contributed by atoms with E-state index in [9.17, 15) is 4.79 Å². The van der Waals surface area contributed by atoms with E-state index in [0.717, 1.165) is 12.8 Å². The Morgan fingerprint density at radius 2 is 2.58 bits per heavy atom. The average molecular weight is 170 g/mol. The van der Waals surface area contributed by atoms with Gasteiger partial charge in [0.15, 0.2) is 0 Å². The third-order valence-electron chi connectivity index (χ3n) is 1.86. The smallest absolute Gasteiger partial charge is 0.306 e. The first-order chi connectivity index (χ1) is 5.83. The molecule has 3 heteroatoms. The Morgan fingerprint density at radius 1 is 1.75 bits per heavy atom. The van der Waals surface area contributed by atoms with Gasteiger partial charge in [0.05, 0.1) is 6.61 Å². The van der Waals surface area contributed by atoms with Crippen LogP contribution in [-0.4, -0.2) is 19.2 Å². The van der Waals surface area contributed by atoms with E-state index < -0.39 is 0 Å². The second-order valence-corrected chi connectivity index (χ2v) is 2.86. The second-order valence-electron chi connectivity index (χ2n) is 2.86. The summed E-state index contributed by atoms with van der Waals surface area (Å²) in [5, 5.41) is 0. The number of esters is 1. The molecule has 68 valence electrons. The molecule has 1 aliphatic heterocycles. The quantitative estimate of drug-likeness (QED) is 0.601. The molecule has 2 radical (unpaired) electrons. The Morgan fingerprint density at radius 3 is 3.17 bits per heavy atom. The zero-order valence-electron chi connectivity index (χ0n) is 7.34. The van der Waals surface area contributed by atoms with Crippen molar-refractivity contribution in [3.63, 3.8) is 0 Å². The van der Waals surface area contributed by atoms with Crippen molar-refractivity contribution < 1.29 is 14.3 Å². The van der Waals surface area contributed by atoms with Crippen LogP contribution in [0.5, 0.6) is 0 Å². The zero-order valence-corrected chi connectivity index (χ0v) is 7.34. The van der Waals surface area contributed by atoms with Crippen LogP contribution in [0.4, 0.5) is 0 Å². The Kier molecular flexibility index (Phi) is 4.08. The van der Waals surface area contributed by atoms with Crippen LogP contribution in [0.15, 0.2) is 0 Å². The van der Waals surface area contributed by atoms with Crippen molar-refractivity contribution in [3.05, 3.63) is 6.61 Å². The van der Waals surface area contributed by atoms with Crippen LogP contribution in [-0.2, 0) is 14.3 Å². The number of hydrogen-bond donors (Lipinski definition) is 0. The first-order valence-electron chi connectivity index (χ1n) is 4.33. The molecule has 3 nitrogen and oxygen atoms in total. The van der Waals surface area contributed by atoms with Crippen LogP contribution in [0, 0.1) is 12.5 Å². The predicted molar refractivity (Wildman–Crippen MR) is 43.2 cm³/mol. The summed E-state index contributed by atoms with van der Waals surface area (Å²) in [4.78, 5) is 11.0. The molecule has 0 bridgehead atoms. The highest BCUT2D eigenvalue weighted by Crippen LogP contribution is 2.20. The molecule has 1 fully saturated rings. The Bertz CT molecular complexity index is 139. The third kappa shape index (κ3) is 3.22. The zero-order chi connectivity index (χ0) is 8.81. The van der Waals surface area contributed by atoms with Crippen molar-refractivity contribution in [2.45, 2.75) is 26.2 Å². The van der Waals surface area contributed by atoms with E-state index in [4.69, 9.17) is 9.47 Å². The Labute approximate surface area is 73.0 Å². The second kappa shape index (κ2) is 5.14. The predicted octanol–water partition coefficient (Wildman–Crippen LogP) is 1.40. The maximum Gasteiger partial charge on any atom is 0.306 e. The summed E-state index contributed by atoms with van der Waals surface area (Å²) in [5.41, 5.74) is 0. The van der Waals surface area contributed by atoms with Crippen molar-refractivity contribution >= 4 is 5.97 Å². The molecule has 0 aromatic heterocycles. The summed E-state index contributed by atoms with van der Waals surface area (Å²) in [6, 6.07) is 0. The van der Waals surface area contributed by atoms with Gasteiger partial charge >= 0.3 is 5.97 Å². The molecule has 1 saturated heterocycles. The van der Waals surface area contributed by atoms with E-state index >= 15 is 0 Å². The van der Waals surface area contributed by atoms with E-state index in [2.05, 4.69) is 6.61 Å². The molecule has 0 amide bonds. The normalized spacial score (nSPS) is 19.1. The number of carbonyl (C=O) groups excluding carboxylic acids is 1. The molecular formula is C9H14O3. The third-order valence-corrected chi connectivity index (χ3v) is 1.86. The van der Waals surface area contributed by atoms with E-state index in [0.29, 0.717) is 25.6 Å². The minimum atomic E-state index is -0.105. The van der Waals surface area contributed by atoms with Crippen molar-refractivity contribution in [2.75, 3.05) is 13.2 Å². The molecule has 0 aromatic rings. The van der Waals surface area contributed by atoms with Crippen LogP contribution in [0.25, 0.3) is 0 Å². The molecule has 1 unspecified atom stereocenters. The fourth-order valence-corrected chi connectivity index (χ4v) is 1.21. The largest absolute Gasteiger partial charge is 0.466 e. The Hall–Kier alpha value is -0.570. The van der Waals surface area contributed by atoms with Gasteiger partial charge in [0.2, 0.25) is 0 Å². The topological polar surface area (TPSA) is 35.5 Å². The number of hydrogen-bond acceptors (Lipinski definition) is 3. The maximum absolute atomic E-state index is 11.0. The van der Waals surface area contributed by atoms with Gasteiger partial charge in [0, 0.05) is 13.0 Å². The van der Waals surface area contributed by atoms with Crippen LogP contribution < -0.4 is 0 Å². The number of ether oxygens (including phenoxy) is 2. The molecule has 0 aliphatic carbocycles. The van der Waals surface area contributed by atoms with Crippen LogP contribution in [0.1, 0.15) is 26.2 Å². The van der Waals surface area contributed by atoms with Crippen LogP contribution >= 0.6 is 0 Å². The number of carbonyl (C=O) groups is 1. The minimum absolute atomic E-state index is 0.105. The van der Waals surface area contributed by atoms with Crippen molar-refractivity contribution in [1.82, 2.24) is 0 Å². The van der Waals surface area contributed by atoms with Gasteiger partial charge in [0.25, 0.3) is 0 Å². The molecule has 0 saturated carbocycles. The fourth-order valence-electron chi connectivity index (χ4n) is 1.21. The first-order valence-corrected chi connectivity index (χ1v) is 4.33. The summed E-state index contributed by atoms with van der Waals surface area (Å²) in [6.45, 7) is 5.75. The van der Waals surface area contributed by atoms with Gasteiger partial charge in [-0.2, -0.15) is 0 Å². The summed E-state index contributed by atoms with van der Waals surface area (Å²) >= 11 is 0. The van der Waals surface area contributed by atoms with Gasteiger partial charge in [0.1, 0.15) is 6.61 Å². The van der Waals surface area contributed by atoms with Gasteiger partial charge < -0.3 is 9.47 Å². The van der Waals surface area contributed by atoms with Gasteiger partial charge in [-0.05, 0) is 25.7 Å². The minimum Gasteiger partial charge on any atom is -0.466 e. The maximum atomic E-state index is 11.0. The lowest BCUT2D eigenvalue weighted by atomic mass is 9.97. The SMILES string of the molecule is CCOC(=O)CC1C[C]OCC1. The lowest BCUT2D eigenvalue weighted by Gasteiger charge is -2.19. The van der Waals surface area contributed by atoms with E-state index in [1.54, 1.807) is 0 Å². The Balaban J connectivity index is 2.15. The molecule has 12 heavy (non-hydrogen) atoms. The summed E-state index contributed by atoms with van der Waals surface area (Å²) < 4.78 is 9.78. The molecule has 0 aromatic carbocycles. The van der Waals surface area contributed by atoms with E-state index in [-0.39, 0.29) is 5.97 Å². The lowest BCUT2D eigenvalue weighted by Crippen LogP contribution is -2.17. The molecule has 1 rings (SSSR count). The summed E-state index contributed by atoms with van der Waals surface area (Å²) in [6.07, 6.45) is 2.19. The van der Waals surface area contributed by atoms with Gasteiger partial charge in [-0.15, -0.1) is 0 Å². The van der Waals surface area contributed by atoms with E-state index in [1.807, 2.05) is 6.92 Å². The molecule has 1 atom stereocenters. The molecule has 1 aliphatic rings. The van der Waals surface area contributed by atoms with Gasteiger partial charge in [-0.1, -0.05) is 0 Å². The number of rotatable bonds is 3. The van der Waals surface area contributed by atoms with Crippen LogP contribution in [0.3, 0.4) is 0 Å². The summed E-state index contributed by atoms with van der Waals surface area (Å²) in [7, 11) is 0. The molecule has 0 spiro atoms. The standard InChI is InChI=1S/C9H14O3/c1-2-12-9(10)7-8-3-5-11-6-4-8/h8H,2-5,7H2,1H3. The molecular weight excluding hydrogens is 156 g/mol. The van der Waals surface area contributed by atoms with Crippen molar-refractivity contribution in [2.24, 2.45) is 5.92 Å². The fraction of sp³-hybridized carbons (Fsp3) is 0.778. The van der Waals surface area contributed by atoms with Gasteiger partial charge in [-0.3, -0.25) is 4.79 Å². The molecule has 0 N–H and O–H groups in total. The van der Waals surface area contributed by atoms with Crippen molar-refractivity contribution in [1.29, 1.82) is 0 Å². The summed E-state index contributed by atoms with van der Waals surface area (Å²) in [5.74, 6) is 0.268. The van der Waals surface area contributed by atoms with Crippen molar-refractivity contribution in [3.8, 4) is 0 Å². The highest BCUT2D eigenvalue weighted by Gasteiger charge is 2.18. The lowest BCUT2D eigenvalue weighted by molar-refractivity contribution is -0.144. The van der Waals surface area contributed by atoms with Crippen LogP contribution in [0.2, 0.25) is 0 Å². The highest BCUT2D eigenvalue weighted by atomic mass is 16.5. The van der Waals surface area contributed by atoms with E-state index in [1.165, 1.54) is 0 Å². The van der Waals surface area contributed by atoms with Gasteiger partial charge in [-0.25, -0.2) is 0 Å². The monoisotopic (exact) mass is 170 g/mol. The molecule has 1 heterocycles. The average Bonchev–Trinajstić information content (AvgIpc) is 2.06. The highest BCUT2D eigenvalue weighted by molar-refractivity contribution is 5.69. The first kappa shape index (κ1) is 9.52.